The highest BCUT2D eigenvalue weighted by Crippen LogP contribution is 2.20. The minimum Gasteiger partial charge on any atom is -0.356 e. The molecule has 3 rings (SSSR count). The Morgan fingerprint density at radius 1 is 1.32 bits per heavy atom. The first-order valence-corrected chi connectivity index (χ1v) is 8.49. The number of sulfone groups is 1. The van der Waals surface area contributed by atoms with E-state index in [-0.39, 0.29) is 17.5 Å². The molecule has 1 unspecified atom stereocenters. The van der Waals surface area contributed by atoms with Gasteiger partial charge < -0.3 is 10.2 Å². The molecule has 1 aromatic heterocycles. The summed E-state index contributed by atoms with van der Waals surface area (Å²) in [6, 6.07) is 1.85. The average molecular weight is 282 g/mol. The van der Waals surface area contributed by atoms with Crippen LogP contribution in [0.15, 0.2) is 12.3 Å². The van der Waals surface area contributed by atoms with Gasteiger partial charge in [0.25, 0.3) is 0 Å². The molecule has 19 heavy (non-hydrogen) atoms. The number of anilines is 2. The Hall–Kier alpha value is -1.37. The van der Waals surface area contributed by atoms with Crippen LogP contribution in [-0.2, 0) is 9.84 Å². The van der Waals surface area contributed by atoms with Gasteiger partial charge in [-0.25, -0.2) is 13.4 Å². The number of aromatic nitrogens is 2. The zero-order valence-corrected chi connectivity index (χ0v) is 11.6. The summed E-state index contributed by atoms with van der Waals surface area (Å²) in [6.07, 6.45) is 4.77. The van der Waals surface area contributed by atoms with Gasteiger partial charge in [-0.2, -0.15) is 4.98 Å². The third-order valence-corrected chi connectivity index (χ3v) is 5.40. The number of hydrogen-bond donors (Lipinski definition) is 1. The van der Waals surface area contributed by atoms with Crippen LogP contribution in [0.25, 0.3) is 0 Å². The van der Waals surface area contributed by atoms with Crippen molar-refractivity contribution in [2.45, 2.75) is 25.3 Å². The Balaban J connectivity index is 1.69. The van der Waals surface area contributed by atoms with Crippen LogP contribution in [-0.4, -0.2) is 49.0 Å². The second-order valence-corrected chi connectivity index (χ2v) is 7.41. The van der Waals surface area contributed by atoms with Gasteiger partial charge in [-0.1, -0.05) is 0 Å². The predicted octanol–water partition coefficient (Wildman–Crippen LogP) is 0.676. The summed E-state index contributed by atoms with van der Waals surface area (Å²) in [5, 5.41) is 3.13. The summed E-state index contributed by atoms with van der Waals surface area (Å²) in [5.41, 5.74) is 0. The highest BCUT2D eigenvalue weighted by molar-refractivity contribution is 7.91. The number of nitrogens with one attached hydrogen (secondary N) is 1. The zero-order valence-electron chi connectivity index (χ0n) is 10.7. The van der Waals surface area contributed by atoms with Crippen LogP contribution in [0, 0.1) is 0 Å². The van der Waals surface area contributed by atoms with Gasteiger partial charge in [0, 0.05) is 25.3 Å². The van der Waals surface area contributed by atoms with Crippen LogP contribution in [0.2, 0.25) is 0 Å². The maximum Gasteiger partial charge on any atom is 0.224 e. The van der Waals surface area contributed by atoms with Gasteiger partial charge in [-0.3, -0.25) is 0 Å². The molecule has 2 aliphatic heterocycles. The fraction of sp³-hybridized carbons (Fsp3) is 0.667. The molecular formula is C12H18N4O2S. The van der Waals surface area contributed by atoms with Crippen LogP contribution in [0.1, 0.15) is 19.3 Å². The number of nitrogens with zero attached hydrogens (tertiary/aromatic N) is 3. The van der Waals surface area contributed by atoms with Gasteiger partial charge in [0.1, 0.15) is 5.82 Å². The molecule has 7 heteroatoms. The second kappa shape index (κ2) is 4.96. The van der Waals surface area contributed by atoms with Crippen molar-refractivity contribution >= 4 is 21.6 Å². The first-order valence-electron chi connectivity index (χ1n) is 6.67. The van der Waals surface area contributed by atoms with Gasteiger partial charge in [-0.15, -0.1) is 0 Å². The average Bonchev–Trinajstić information content (AvgIpc) is 2.99. The monoisotopic (exact) mass is 282 g/mol. The van der Waals surface area contributed by atoms with E-state index in [4.69, 9.17) is 0 Å². The highest BCUT2D eigenvalue weighted by Gasteiger charge is 2.28. The molecule has 3 heterocycles. The minimum absolute atomic E-state index is 0.0566. The molecule has 0 aliphatic carbocycles. The third-order valence-electron chi connectivity index (χ3n) is 3.64. The lowest BCUT2D eigenvalue weighted by atomic mass is 10.3. The van der Waals surface area contributed by atoms with E-state index in [0.717, 1.165) is 18.9 Å². The van der Waals surface area contributed by atoms with Crippen molar-refractivity contribution in [2.24, 2.45) is 0 Å². The van der Waals surface area contributed by atoms with Gasteiger partial charge in [0.05, 0.1) is 11.5 Å². The van der Waals surface area contributed by atoms with E-state index in [9.17, 15) is 8.42 Å². The summed E-state index contributed by atoms with van der Waals surface area (Å²) >= 11 is 0. The number of hydrogen-bond acceptors (Lipinski definition) is 6. The molecule has 6 nitrogen and oxygen atoms in total. The second-order valence-electron chi connectivity index (χ2n) is 5.18. The Kier molecular flexibility index (Phi) is 3.30. The summed E-state index contributed by atoms with van der Waals surface area (Å²) < 4.78 is 22.8. The molecule has 2 aliphatic rings. The summed E-state index contributed by atoms with van der Waals surface area (Å²) in [4.78, 5) is 10.9. The van der Waals surface area contributed by atoms with E-state index in [0.29, 0.717) is 12.4 Å². The van der Waals surface area contributed by atoms with Gasteiger partial charge in [0.2, 0.25) is 5.95 Å². The molecule has 104 valence electrons. The van der Waals surface area contributed by atoms with Gasteiger partial charge >= 0.3 is 0 Å². The van der Waals surface area contributed by atoms with Gasteiger partial charge in [0.15, 0.2) is 9.84 Å². The molecule has 0 bridgehead atoms. The van der Waals surface area contributed by atoms with Crippen LogP contribution in [0.5, 0.6) is 0 Å². The Morgan fingerprint density at radius 2 is 2.11 bits per heavy atom. The van der Waals surface area contributed by atoms with Crippen molar-refractivity contribution in [2.75, 3.05) is 34.8 Å². The van der Waals surface area contributed by atoms with E-state index in [2.05, 4.69) is 20.2 Å². The molecule has 0 aromatic carbocycles. The van der Waals surface area contributed by atoms with Crippen molar-refractivity contribution in [3.8, 4) is 0 Å². The predicted molar refractivity (Wildman–Crippen MR) is 74.2 cm³/mol. The summed E-state index contributed by atoms with van der Waals surface area (Å²) in [6.45, 7) is 2.07. The first-order chi connectivity index (χ1) is 9.12. The van der Waals surface area contributed by atoms with Gasteiger partial charge in [-0.05, 0) is 25.3 Å². The van der Waals surface area contributed by atoms with E-state index in [1.807, 2.05) is 6.07 Å². The maximum atomic E-state index is 11.4. The first kappa shape index (κ1) is 12.7. The van der Waals surface area contributed by atoms with Crippen molar-refractivity contribution in [3.63, 3.8) is 0 Å². The van der Waals surface area contributed by atoms with Crippen molar-refractivity contribution in [1.29, 1.82) is 0 Å². The lowest BCUT2D eigenvalue weighted by Crippen LogP contribution is -2.24. The van der Waals surface area contributed by atoms with Crippen molar-refractivity contribution in [1.82, 2.24) is 9.97 Å². The quantitative estimate of drug-likeness (QED) is 0.878. The summed E-state index contributed by atoms with van der Waals surface area (Å²) in [7, 11) is -2.87. The molecule has 0 saturated carbocycles. The van der Waals surface area contributed by atoms with Crippen LogP contribution in [0.4, 0.5) is 11.8 Å². The van der Waals surface area contributed by atoms with Crippen LogP contribution < -0.4 is 10.2 Å². The molecule has 1 atom stereocenters. The largest absolute Gasteiger partial charge is 0.356 e. The minimum atomic E-state index is -2.87. The molecule has 2 saturated heterocycles. The third kappa shape index (κ3) is 2.97. The Bertz CT molecular complexity index is 555. The lowest BCUT2D eigenvalue weighted by molar-refractivity contribution is 0.602. The molecule has 1 N–H and O–H groups in total. The Morgan fingerprint density at radius 3 is 2.79 bits per heavy atom. The standard InChI is InChI=1S/C12H18N4O2S/c17-19(18)8-4-10(9-19)14-12-13-5-3-11(15-12)16-6-1-2-7-16/h3,5,10H,1-2,4,6-9H2,(H,13,14,15). The maximum absolute atomic E-state index is 11.4. The van der Waals surface area contributed by atoms with E-state index in [1.165, 1.54) is 12.8 Å². The lowest BCUT2D eigenvalue weighted by Gasteiger charge is -2.17. The fourth-order valence-electron chi connectivity index (χ4n) is 2.63. The van der Waals surface area contributed by atoms with Crippen LogP contribution >= 0.6 is 0 Å². The molecular weight excluding hydrogens is 264 g/mol. The smallest absolute Gasteiger partial charge is 0.224 e. The molecule has 1 aromatic rings. The molecule has 0 radical (unpaired) electrons. The normalized spacial score (nSPS) is 25.7. The van der Waals surface area contributed by atoms with E-state index < -0.39 is 9.84 Å². The molecule has 0 spiro atoms. The highest BCUT2D eigenvalue weighted by atomic mass is 32.2. The fourth-order valence-corrected chi connectivity index (χ4v) is 4.31. The zero-order chi connectivity index (χ0) is 13.3. The molecule has 2 fully saturated rings. The Labute approximate surface area is 113 Å². The topological polar surface area (TPSA) is 75.2 Å². The van der Waals surface area contributed by atoms with E-state index in [1.54, 1.807) is 6.20 Å². The molecule has 0 amide bonds. The van der Waals surface area contributed by atoms with Crippen molar-refractivity contribution in [3.05, 3.63) is 12.3 Å². The van der Waals surface area contributed by atoms with Crippen molar-refractivity contribution < 1.29 is 8.42 Å². The summed E-state index contributed by atoms with van der Waals surface area (Å²) in [5.74, 6) is 1.91. The van der Waals surface area contributed by atoms with E-state index >= 15 is 0 Å². The number of rotatable bonds is 3. The van der Waals surface area contributed by atoms with Crippen LogP contribution in [0.3, 0.4) is 0 Å². The SMILES string of the molecule is O=S1(=O)CCC(Nc2nccc(N3CCCC3)n2)C1.